The molecular weight excluding hydrogens is 174 g/mol. The number of esters is 2. The zero-order valence-corrected chi connectivity index (χ0v) is 6.80. The summed E-state index contributed by atoms with van der Waals surface area (Å²) in [6.45, 7) is -2.06. The first-order valence-electron chi connectivity index (χ1n) is 2.87. The summed E-state index contributed by atoms with van der Waals surface area (Å²) in [5.74, 6) is -1.65. The number of hydrogen-bond donors (Lipinski definition) is 0. The van der Waals surface area contributed by atoms with Crippen LogP contribution in [-0.4, -0.2) is 39.5 Å². The van der Waals surface area contributed by atoms with E-state index in [0.29, 0.717) is 0 Å². The second-order valence-corrected chi connectivity index (χ2v) is 1.42. The van der Waals surface area contributed by atoms with Crippen LogP contribution in [0, 0.1) is 0 Å². The van der Waals surface area contributed by atoms with Crippen LogP contribution in [0.25, 0.3) is 0 Å². The van der Waals surface area contributed by atoms with Gasteiger partial charge in [-0.25, -0.2) is 18.4 Å². The average molecular weight is 184 g/mol. The van der Waals surface area contributed by atoms with E-state index in [1.807, 2.05) is 0 Å². The Kier molecular flexibility index (Phi) is 10.9. The third-order valence-corrected chi connectivity index (χ3v) is 0.674. The van der Waals surface area contributed by atoms with Crippen molar-refractivity contribution in [2.24, 2.45) is 0 Å². The van der Waals surface area contributed by atoms with E-state index in [-0.39, 0.29) is 0 Å². The monoisotopic (exact) mass is 184 g/mol. The quantitative estimate of drug-likeness (QED) is 0.577. The highest BCUT2D eigenvalue weighted by Crippen LogP contribution is 1.70. The Morgan fingerprint density at radius 2 is 1.25 bits per heavy atom. The van der Waals surface area contributed by atoms with E-state index < -0.39 is 25.3 Å². The van der Waals surface area contributed by atoms with Gasteiger partial charge in [0, 0.05) is 0 Å². The summed E-state index contributed by atoms with van der Waals surface area (Å²) in [6, 6.07) is 0. The number of carbonyl (C=O) groups excluding carboxylic acids is 2. The largest absolute Gasteiger partial charge is 0.467 e. The maximum Gasteiger partial charge on any atom is 0.337 e. The van der Waals surface area contributed by atoms with E-state index in [0.717, 1.165) is 14.2 Å². The van der Waals surface area contributed by atoms with Gasteiger partial charge in [0.25, 0.3) is 0 Å². The summed E-state index contributed by atoms with van der Waals surface area (Å²) in [7, 11) is 2.28. The van der Waals surface area contributed by atoms with Gasteiger partial charge in [-0.15, -0.1) is 0 Å². The minimum Gasteiger partial charge on any atom is -0.467 e. The van der Waals surface area contributed by atoms with Gasteiger partial charge in [0.15, 0.2) is 13.3 Å². The van der Waals surface area contributed by atoms with Crippen molar-refractivity contribution in [3.8, 4) is 0 Å². The van der Waals surface area contributed by atoms with Crippen LogP contribution in [0.5, 0.6) is 0 Å². The third kappa shape index (κ3) is 11.6. The number of carbonyl (C=O) groups is 2. The van der Waals surface area contributed by atoms with Gasteiger partial charge in [-0.05, 0) is 0 Å². The van der Waals surface area contributed by atoms with E-state index in [1.165, 1.54) is 0 Å². The van der Waals surface area contributed by atoms with E-state index in [1.54, 1.807) is 0 Å². The van der Waals surface area contributed by atoms with Crippen molar-refractivity contribution >= 4 is 11.9 Å². The van der Waals surface area contributed by atoms with Crippen LogP contribution in [0.4, 0.5) is 8.78 Å². The number of halogens is 2. The van der Waals surface area contributed by atoms with Crippen LogP contribution < -0.4 is 0 Å². The molecule has 0 atom stereocenters. The summed E-state index contributed by atoms with van der Waals surface area (Å²) in [5, 5.41) is 0. The van der Waals surface area contributed by atoms with E-state index in [2.05, 4.69) is 9.47 Å². The molecule has 0 aromatic heterocycles. The van der Waals surface area contributed by atoms with Crippen LogP contribution >= 0.6 is 0 Å². The van der Waals surface area contributed by atoms with E-state index in [9.17, 15) is 18.4 Å². The van der Waals surface area contributed by atoms with Crippen molar-refractivity contribution in [1.82, 2.24) is 0 Å². The lowest BCUT2D eigenvalue weighted by molar-refractivity contribution is -0.142. The second kappa shape index (κ2) is 9.80. The predicted molar refractivity (Wildman–Crippen MR) is 36.0 cm³/mol. The summed E-state index contributed by atoms with van der Waals surface area (Å²) in [5.41, 5.74) is 0. The Bertz CT molecular complexity index is 110. The van der Waals surface area contributed by atoms with Crippen LogP contribution in [0.1, 0.15) is 0 Å². The van der Waals surface area contributed by atoms with E-state index >= 15 is 0 Å². The maximum atomic E-state index is 10.9. The lowest BCUT2D eigenvalue weighted by Gasteiger charge is -1.85. The Labute approximate surface area is 68.5 Å². The van der Waals surface area contributed by atoms with Gasteiger partial charge in [0.05, 0.1) is 14.2 Å². The van der Waals surface area contributed by atoms with Gasteiger partial charge >= 0.3 is 11.9 Å². The van der Waals surface area contributed by atoms with Crippen LogP contribution in [0.3, 0.4) is 0 Å². The number of ether oxygens (including phenoxy) is 2. The van der Waals surface area contributed by atoms with Crippen molar-refractivity contribution in [3.05, 3.63) is 0 Å². The molecule has 0 fully saturated rings. The summed E-state index contributed by atoms with van der Waals surface area (Å²) in [6.07, 6.45) is 0. The number of methoxy groups -OCH3 is 2. The second-order valence-electron chi connectivity index (χ2n) is 1.42. The number of rotatable bonds is 2. The Hall–Kier alpha value is -1.20. The molecule has 0 bridgehead atoms. The molecule has 0 saturated heterocycles. The van der Waals surface area contributed by atoms with Gasteiger partial charge < -0.3 is 9.47 Å². The SMILES string of the molecule is COC(=O)CF.COC(=O)CF. The molecule has 0 amide bonds. The van der Waals surface area contributed by atoms with Crippen molar-refractivity contribution in [3.63, 3.8) is 0 Å². The molecule has 0 aliphatic rings. The molecule has 6 heteroatoms. The van der Waals surface area contributed by atoms with Gasteiger partial charge in [0.1, 0.15) is 0 Å². The van der Waals surface area contributed by atoms with Gasteiger partial charge in [-0.2, -0.15) is 0 Å². The van der Waals surface area contributed by atoms with Gasteiger partial charge in [-0.1, -0.05) is 0 Å². The van der Waals surface area contributed by atoms with Crippen molar-refractivity contribution < 1.29 is 27.8 Å². The zero-order chi connectivity index (χ0) is 9.98. The first kappa shape index (κ1) is 13.4. The summed E-state index contributed by atoms with van der Waals surface area (Å²) in [4.78, 5) is 19.2. The van der Waals surface area contributed by atoms with Crippen LogP contribution in [0.2, 0.25) is 0 Å². The van der Waals surface area contributed by atoms with Crippen molar-refractivity contribution in [2.75, 3.05) is 27.6 Å². The molecule has 4 nitrogen and oxygen atoms in total. The van der Waals surface area contributed by atoms with Crippen molar-refractivity contribution in [2.45, 2.75) is 0 Å². The third-order valence-electron chi connectivity index (χ3n) is 0.674. The first-order valence-corrected chi connectivity index (χ1v) is 2.87. The summed E-state index contributed by atoms with van der Waals surface area (Å²) >= 11 is 0. The fraction of sp³-hybridized carbons (Fsp3) is 0.667. The Balaban J connectivity index is 0. The Morgan fingerprint density at radius 1 is 1.00 bits per heavy atom. The molecular formula is C6H10F2O4. The highest BCUT2D eigenvalue weighted by Gasteiger charge is 1.92. The number of alkyl halides is 2. The van der Waals surface area contributed by atoms with Crippen molar-refractivity contribution in [1.29, 1.82) is 0 Å². The molecule has 0 aromatic rings. The van der Waals surface area contributed by atoms with Crippen LogP contribution in [0.15, 0.2) is 0 Å². The normalized spacial score (nSPS) is 7.67. The van der Waals surface area contributed by atoms with Gasteiger partial charge in [-0.3, -0.25) is 0 Å². The molecule has 0 aliphatic carbocycles. The smallest absolute Gasteiger partial charge is 0.337 e. The topological polar surface area (TPSA) is 52.6 Å². The Morgan fingerprint density at radius 3 is 1.25 bits per heavy atom. The highest BCUT2D eigenvalue weighted by atomic mass is 19.1. The highest BCUT2D eigenvalue weighted by molar-refractivity contribution is 5.70. The molecule has 72 valence electrons. The predicted octanol–water partition coefficient (Wildman–Crippen LogP) is 0.258. The molecule has 0 heterocycles. The van der Waals surface area contributed by atoms with Crippen LogP contribution in [-0.2, 0) is 19.1 Å². The molecule has 0 N–H and O–H groups in total. The number of hydrogen-bond acceptors (Lipinski definition) is 4. The standard InChI is InChI=1S/2C3H5FO2/c2*1-6-3(5)2-4/h2*2H2,1H3. The average Bonchev–Trinajstić information content (AvgIpc) is 2.16. The first-order chi connectivity index (χ1) is 5.62. The van der Waals surface area contributed by atoms with Gasteiger partial charge in [0.2, 0.25) is 0 Å². The molecule has 0 radical (unpaired) electrons. The van der Waals surface area contributed by atoms with E-state index in [4.69, 9.17) is 0 Å². The fourth-order valence-electron chi connectivity index (χ4n) is 0.109. The molecule has 0 unspecified atom stereocenters. The lowest BCUT2D eigenvalue weighted by atomic mass is 10.8. The fourth-order valence-corrected chi connectivity index (χ4v) is 0.109. The lowest BCUT2D eigenvalue weighted by Crippen LogP contribution is -2.00. The minimum atomic E-state index is -1.03. The molecule has 12 heavy (non-hydrogen) atoms. The molecule has 0 saturated carbocycles. The zero-order valence-electron chi connectivity index (χ0n) is 6.80. The molecule has 0 rings (SSSR count). The molecule has 0 aromatic carbocycles. The summed E-state index contributed by atoms with van der Waals surface area (Å²) < 4.78 is 29.6. The molecule has 0 spiro atoms. The minimum absolute atomic E-state index is 0.824. The molecule has 0 aliphatic heterocycles. The maximum absolute atomic E-state index is 10.9.